The number of halogens is 2. The lowest BCUT2D eigenvalue weighted by Gasteiger charge is -2.37. The molecule has 0 radical (unpaired) electrons. The highest BCUT2D eigenvalue weighted by atomic mass is 35.5. The van der Waals surface area contributed by atoms with Crippen molar-refractivity contribution in [1.82, 2.24) is 20.0 Å². The van der Waals surface area contributed by atoms with Crippen molar-refractivity contribution in [2.24, 2.45) is 11.0 Å². The lowest BCUT2D eigenvalue weighted by molar-refractivity contribution is -0.0209. The molecule has 3 aromatic carbocycles. The van der Waals surface area contributed by atoms with Crippen LogP contribution < -0.4 is 19.4 Å². The third kappa shape index (κ3) is 8.14. The summed E-state index contributed by atoms with van der Waals surface area (Å²) in [5.74, 6) is 1.93. The first kappa shape index (κ1) is 36.5. The molecule has 3 aliphatic rings. The Hall–Kier alpha value is -4.25. The van der Waals surface area contributed by atoms with E-state index in [1.165, 1.54) is 11.4 Å². The van der Waals surface area contributed by atoms with E-state index in [0.717, 1.165) is 61.8 Å². The highest BCUT2D eigenvalue weighted by Gasteiger charge is 2.43. The van der Waals surface area contributed by atoms with Gasteiger partial charge in [0.05, 0.1) is 48.2 Å². The fourth-order valence-electron chi connectivity index (χ4n) is 6.83. The van der Waals surface area contributed by atoms with Crippen molar-refractivity contribution in [3.8, 4) is 5.75 Å². The van der Waals surface area contributed by atoms with E-state index in [9.17, 15) is 0 Å². The Labute approximate surface area is 311 Å². The maximum atomic E-state index is 6.48. The van der Waals surface area contributed by atoms with Gasteiger partial charge in [0, 0.05) is 49.2 Å². The monoisotopic (exact) mass is 730 g/mol. The second-order valence-corrected chi connectivity index (χ2v) is 13.8. The van der Waals surface area contributed by atoms with Gasteiger partial charge in [-0.2, -0.15) is 20.1 Å². The number of aromatic nitrogens is 3. The third-order valence-electron chi connectivity index (χ3n) is 9.83. The average molecular weight is 732 g/mol. The zero-order valence-electron chi connectivity index (χ0n) is 30.0. The van der Waals surface area contributed by atoms with Gasteiger partial charge in [0.1, 0.15) is 23.5 Å². The number of rotatable bonds is 11. The number of hydrogen-bond donors (Lipinski definition) is 0. The molecule has 2 saturated heterocycles. The van der Waals surface area contributed by atoms with E-state index in [0.29, 0.717) is 35.8 Å². The van der Waals surface area contributed by atoms with Crippen LogP contribution in [0.2, 0.25) is 10.0 Å². The van der Waals surface area contributed by atoms with Gasteiger partial charge in [-0.1, -0.05) is 56.6 Å². The summed E-state index contributed by atoms with van der Waals surface area (Å²) in [6.07, 6.45) is 6.96. The molecule has 0 bridgehead atoms. The van der Waals surface area contributed by atoms with Crippen LogP contribution in [0.25, 0.3) is 0 Å². The summed E-state index contributed by atoms with van der Waals surface area (Å²) < 4.78 is 12.8. The summed E-state index contributed by atoms with van der Waals surface area (Å²) >= 11 is 12.6. The van der Waals surface area contributed by atoms with Crippen LogP contribution in [0.4, 0.5) is 17.1 Å². The van der Waals surface area contributed by atoms with Gasteiger partial charge >= 0.3 is 0 Å². The minimum atomic E-state index is -0.623. The zero-order valence-corrected chi connectivity index (χ0v) is 31.5. The summed E-state index contributed by atoms with van der Waals surface area (Å²) in [6.45, 7) is 18.0. The number of benzene rings is 3. The highest BCUT2D eigenvalue weighted by Crippen LogP contribution is 2.42. The predicted molar refractivity (Wildman–Crippen MR) is 208 cm³/mol. The van der Waals surface area contributed by atoms with Gasteiger partial charge in [-0.05, 0) is 86.0 Å². The molecular weight excluding hydrogens is 683 g/mol. The fraction of sp³-hybridized carbons (Fsp3) is 0.410. The molecule has 0 spiro atoms. The standard InChI is InChI=1S/C37H42Cl2N8O2.C2H6/c1-4-27(2)47-28(3)45(26-42-47)33-8-6-31(7-9-33)43-17-19-44(20-18-43)32-10-12-34(13-11-32)48-23-29-22-37(49-24-29,25-46-40-15-16-41-46)30-5-14-35(38)36(39)21-30;1-2/h5-16,21,26-27,29H,3-4,17-20,22-25H2,1-2H3;1-2H3. The first-order chi connectivity index (χ1) is 24.8. The van der Waals surface area contributed by atoms with Gasteiger partial charge in [-0.3, -0.25) is 4.90 Å². The van der Waals surface area contributed by atoms with E-state index >= 15 is 0 Å². The van der Waals surface area contributed by atoms with E-state index in [1.54, 1.807) is 17.2 Å². The van der Waals surface area contributed by atoms with E-state index in [1.807, 2.05) is 48.3 Å². The van der Waals surface area contributed by atoms with Crippen LogP contribution in [-0.4, -0.2) is 71.8 Å². The Morgan fingerprint density at radius 3 is 2.10 bits per heavy atom. The molecule has 0 amide bonds. The van der Waals surface area contributed by atoms with E-state index in [-0.39, 0.29) is 5.92 Å². The van der Waals surface area contributed by atoms with Gasteiger partial charge in [0.15, 0.2) is 0 Å². The lowest BCUT2D eigenvalue weighted by Crippen LogP contribution is -2.46. The maximum absolute atomic E-state index is 6.48. The Balaban J connectivity index is 0.00000220. The zero-order chi connectivity index (χ0) is 36.0. The van der Waals surface area contributed by atoms with Gasteiger partial charge in [0.2, 0.25) is 0 Å². The van der Waals surface area contributed by atoms with Crippen LogP contribution in [0, 0.1) is 5.92 Å². The van der Waals surface area contributed by atoms with Crippen LogP contribution in [0.15, 0.2) is 96.6 Å². The van der Waals surface area contributed by atoms with Gasteiger partial charge < -0.3 is 19.3 Å². The quantitative estimate of drug-likeness (QED) is 0.153. The summed E-state index contributed by atoms with van der Waals surface area (Å²) in [4.78, 5) is 8.58. The number of ether oxygens (including phenoxy) is 2. The SMILES string of the molecule is C=C1N(c2ccc(N3CCN(c4ccc(OCC5COC(Cn6nccn6)(c6ccc(Cl)c(Cl)c6)C5)cc4)CC3)cc2)C=NN1C(C)CC.CC. The first-order valence-corrected chi connectivity index (χ1v) is 18.7. The fourth-order valence-corrected chi connectivity index (χ4v) is 7.12. The number of hydrogen-bond acceptors (Lipinski definition) is 9. The van der Waals surface area contributed by atoms with Crippen molar-refractivity contribution in [3.63, 3.8) is 0 Å². The topological polar surface area (TPSA) is 74.5 Å². The second kappa shape index (κ2) is 16.4. The molecule has 10 nitrogen and oxygen atoms in total. The van der Waals surface area contributed by atoms with Crippen molar-refractivity contribution in [2.75, 3.05) is 54.1 Å². The molecule has 4 heterocycles. The van der Waals surface area contributed by atoms with Crippen molar-refractivity contribution >= 4 is 46.6 Å². The van der Waals surface area contributed by atoms with E-state index in [4.69, 9.17) is 32.7 Å². The summed E-state index contributed by atoms with van der Waals surface area (Å²) in [6, 6.07) is 23.1. The molecule has 4 aromatic rings. The minimum absolute atomic E-state index is 0.189. The van der Waals surface area contributed by atoms with Gasteiger partial charge in [-0.15, -0.1) is 0 Å². The summed E-state index contributed by atoms with van der Waals surface area (Å²) in [7, 11) is 0. The molecule has 1 aromatic heterocycles. The van der Waals surface area contributed by atoms with Crippen LogP contribution in [0.3, 0.4) is 0 Å². The Morgan fingerprint density at radius 1 is 0.882 bits per heavy atom. The highest BCUT2D eigenvalue weighted by molar-refractivity contribution is 6.42. The van der Waals surface area contributed by atoms with E-state index < -0.39 is 5.60 Å². The van der Waals surface area contributed by atoms with Crippen molar-refractivity contribution < 1.29 is 9.47 Å². The molecule has 51 heavy (non-hydrogen) atoms. The molecule has 2 fully saturated rings. The number of hydrazone groups is 1. The Bertz CT molecular complexity index is 1760. The third-order valence-corrected chi connectivity index (χ3v) is 10.6. The molecule has 3 unspecified atom stereocenters. The Kier molecular flexibility index (Phi) is 11.7. The molecule has 7 rings (SSSR count). The number of piperazine rings is 1. The summed E-state index contributed by atoms with van der Waals surface area (Å²) in [5, 5.41) is 16.2. The summed E-state index contributed by atoms with van der Waals surface area (Å²) in [5.41, 5.74) is 3.84. The molecule has 0 N–H and O–H groups in total. The number of nitrogens with zero attached hydrogens (tertiary/aromatic N) is 8. The van der Waals surface area contributed by atoms with E-state index in [2.05, 4.69) is 94.1 Å². The molecule has 0 aliphatic carbocycles. The van der Waals surface area contributed by atoms with Crippen LogP contribution in [-0.2, 0) is 16.9 Å². The minimum Gasteiger partial charge on any atom is -0.493 e. The van der Waals surface area contributed by atoms with Crippen molar-refractivity contribution in [1.29, 1.82) is 0 Å². The Morgan fingerprint density at radius 2 is 1.49 bits per heavy atom. The van der Waals surface area contributed by atoms with Crippen LogP contribution >= 0.6 is 23.2 Å². The van der Waals surface area contributed by atoms with Gasteiger partial charge in [0.25, 0.3) is 0 Å². The molecule has 3 aliphatic heterocycles. The maximum Gasteiger partial charge on any atom is 0.128 e. The lowest BCUT2D eigenvalue weighted by atomic mass is 9.87. The molecule has 3 atom stereocenters. The molecular formula is C39H48Cl2N8O2. The predicted octanol–water partition coefficient (Wildman–Crippen LogP) is 8.28. The molecule has 0 saturated carbocycles. The van der Waals surface area contributed by atoms with Crippen LogP contribution in [0.5, 0.6) is 5.75 Å². The largest absolute Gasteiger partial charge is 0.493 e. The smallest absolute Gasteiger partial charge is 0.128 e. The average Bonchev–Trinajstić information content (AvgIpc) is 3.94. The van der Waals surface area contributed by atoms with Gasteiger partial charge in [-0.25, -0.2) is 5.01 Å². The normalized spacial score (nSPS) is 20.8. The second-order valence-electron chi connectivity index (χ2n) is 13.0. The first-order valence-electron chi connectivity index (χ1n) is 17.9. The van der Waals surface area contributed by atoms with Crippen LogP contribution in [0.1, 0.15) is 46.1 Å². The van der Waals surface area contributed by atoms with Crippen molar-refractivity contribution in [3.05, 3.63) is 107 Å². The molecule has 12 heteroatoms. The van der Waals surface area contributed by atoms with Crippen molar-refractivity contribution in [2.45, 2.75) is 58.7 Å². The number of anilines is 3. The molecule has 270 valence electrons.